The Balaban J connectivity index is 1.25. The molecule has 2 aliphatic heterocycles. The van der Waals surface area contributed by atoms with Crippen molar-refractivity contribution in [2.24, 2.45) is 0 Å². The maximum absolute atomic E-state index is 5.89. The second kappa shape index (κ2) is 6.50. The van der Waals surface area contributed by atoms with Crippen molar-refractivity contribution in [2.75, 3.05) is 44.2 Å². The van der Waals surface area contributed by atoms with E-state index in [1.54, 1.807) is 0 Å². The van der Waals surface area contributed by atoms with Gasteiger partial charge in [-0.1, -0.05) is 18.2 Å². The van der Waals surface area contributed by atoms with E-state index in [1.165, 1.54) is 16.5 Å². The molecule has 1 saturated heterocycles. The number of fused-ring (bicyclic) bond motifs is 2. The molecule has 2 aromatic heterocycles. The minimum Gasteiger partial charge on any atom is -0.489 e. The van der Waals surface area contributed by atoms with Crippen LogP contribution in [0.2, 0.25) is 0 Å². The fourth-order valence-electron chi connectivity index (χ4n) is 3.87. The van der Waals surface area contributed by atoms with Crippen molar-refractivity contribution in [1.82, 2.24) is 14.9 Å². The lowest BCUT2D eigenvalue weighted by Gasteiger charge is -2.36. The van der Waals surface area contributed by atoms with Gasteiger partial charge in [-0.3, -0.25) is 4.90 Å². The van der Waals surface area contributed by atoms with Gasteiger partial charge in [-0.2, -0.15) is 0 Å². The zero-order valence-corrected chi connectivity index (χ0v) is 14.7. The average Bonchev–Trinajstić information content (AvgIpc) is 3.17. The van der Waals surface area contributed by atoms with Gasteiger partial charge >= 0.3 is 0 Å². The molecule has 1 fully saturated rings. The highest BCUT2D eigenvalue weighted by Gasteiger charge is 2.21. The first-order valence-corrected chi connectivity index (χ1v) is 9.17. The number of pyridine rings is 1. The summed E-state index contributed by atoms with van der Waals surface area (Å²) in [6.07, 6.45) is 6.17. The first kappa shape index (κ1) is 15.5. The SMILES string of the molecule is C1=C(CN2CCN(c3nccc4cc[nH]c34)CC2)COc2ccccc21. The molecule has 0 amide bonds. The lowest BCUT2D eigenvalue weighted by Crippen LogP contribution is -2.47. The number of hydrogen-bond acceptors (Lipinski definition) is 4. The van der Waals surface area contributed by atoms with Crippen LogP contribution < -0.4 is 9.64 Å². The predicted octanol–water partition coefficient (Wildman–Crippen LogP) is 3.16. The van der Waals surface area contributed by atoms with E-state index in [-0.39, 0.29) is 0 Å². The molecule has 0 radical (unpaired) electrons. The first-order valence-electron chi connectivity index (χ1n) is 9.17. The van der Waals surface area contributed by atoms with Crippen LogP contribution in [0.1, 0.15) is 5.56 Å². The van der Waals surface area contributed by atoms with Gasteiger partial charge in [0.2, 0.25) is 0 Å². The van der Waals surface area contributed by atoms with Crippen LogP contribution in [-0.4, -0.2) is 54.2 Å². The molecule has 0 bridgehead atoms. The second-order valence-corrected chi connectivity index (χ2v) is 6.97. The van der Waals surface area contributed by atoms with Crippen molar-refractivity contribution >= 4 is 22.8 Å². The molecule has 0 saturated carbocycles. The number of nitrogens with one attached hydrogen (secondary N) is 1. The number of ether oxygens (including phenoxy) is 1. The van der Waals surface area contributed by atoms with E-state index < -0.39 is 0 Å². The lowest BCUT2D eigenvalue weighted by molar-refractivity contribution is 0.260. The second-order valence-electron chi connectivity index (χ2n) is 6.97. The summed E-state index contributed by atoms with van der Waals surface area (Å²) < 4.78 is 5.89. The van der Waals surface area contributed by atoms with E-state index in [9.17, 15) is 0 Å². The number of nitrogens with zero attached hydrogens (tertiary/aromatic N) is 3. The smallest absolute Gasteiger partial charge is 0.153 e. The number of H-pyrrole nitrogens is 1. The Morgan fingerprint density at radius 3 is 2.85 bits per heavy atom. The maximum atomic E-state index is 5.89. The Bertz CT molecular complexity index is 953. The molecule has 4 heterocycles. The van der Waals surface area contributed by atoms with Gasteiger partial charge in [0.15, 0.2) is 5.82 Å². The number of anilines is 1. The summed E-state index contributed by atoms with van der Waals surface area (Å²) >= 11 is 0. The van der Waals surface area contributed by atoms with Crippen molar-refractivity contribution in [1.29, 1.82) is 0 Å². The maximum Gasteiger partial charge on any atom is 0.153 e. The van der Waals surface area contributed by atoms with Crippen LogP contribution in [0, 0.1) is 0 Å². The van der Waals surface area contributed by atoms with Crippen molar-refractivity contribution in [3.05, 3.63) is 59.9 Å². The Kier molecular flexibility index (Phi) is 3.87. The third kappa shape index (κ3) is 2.84. The summed E-state index contributed by atoms with van der Waals surface area (Å²) in [5, 5.41) is 1.22. The van der Waals surface area contributed by atoms with Crippen LogP contribution in [0.4, 0.5) is 5.82 Å². The minimum absolute atomic E-state index is 0.695. The Hall–Kier alpha value is -2.79. The van der Waals surface area contributed by atoms with Crippen LogP contribution >= 0.6 is 0 Å². The molecule has 5 nitrogen and oxygen atoms in total. The molecule has 3 aromatic rings. The van der Waals surface area contributed by atoms with Gasteiger partial charge in [0, 0.05) is 56.1 Å². The van der Waals surface area contributed by atoms with E-state index in [0.29, 0.717) is 6.61 Å². The third-order valence-electron chi connectivity index (χ3n) is 5.24. The Morgan fingerprint density at radius 2 is 1.92 bits per heavy atom. The zero-order chi connectivity index (χ0) is 17.3. The van der Waals surface area contributed by atoms with Crippen LogP contribution in [0.15, 0.2) is 54.4 Å². The fourth-order valence-corrected chi connectivity index (χ4v) is 3.87. The van der Waals surface area contributed by atoms with Gasteiger partial charge < -0.3 is 14.6 Å². The number of rotatable bonds is 3. The van der Waals surface area contributed by atoms with E-state index in [0.717, 1.165) is 49.8 Å². The normalized spacial score (nSPS) is 17.7. The quantitative estimate of drug-likeness (QED) is 0.791. The highest BCUT2D eigenvalue weighted by Crippen LogP contribution is 2.27. The van der Waals surface area contributed by atoms with Gasteiger partial charge in [-0.25, -0.2) is 4.98 Å². The van der Waals surface area contributed by atoms with Gasteiger partial charge in [-0.15, -0.1) is 0 Å². The van der Waals surface area contributed by atoms with Gasteiger partial charge in [0.05, 0.1) is 5.52 Å². The Labute approximate surface area is 152 Å². The van der Waals surface area contributed by atoms with Crippen LogP contribution in [0.3, 0.4) is 0 Å². The van der Waals surface area contributed by atoms with Crippen molar-refractivity contribution in [2.45, 2.75) is 0 Å². The molecule has 0 aliphatic carbocycles. The van der Waals surface area contributed by atoms with Gasteiger partial charge in [0.25, 0.3) is 0 Å². The molecule has 26 heavy (non-hydrogen) atoms. The van der Waals surface area contributed by atoms with Crippen LogP contribution in [-0.2, 0) is 0 Å². The highest BCUT2D eigenvalue weighted by molar-refractivity contribution is 5.89. The van der Waals surface area contributed by atoms with E-state index in [1.807, 2.05) is 24.5 Å². The molecule has 5 rings (SSSR count). The fraction of sp³-hybridized carbons (Fsp3) is 0.286. The van der Waals surface area contributed by atoms with Crippen LogP contribution in [0.5, 0.6) is 5.75 Å². The van der Waals surface area contributed by atoms with E-state index in [2.05, 4.69) is 50.1 Å². The zero-order valence-electron chi connectivity index (χ0n) is 14.7. The first-order chi connectivity index (χ1) is 12.9. The summed E-state index contributed by atoms with van der Waals surface area (Å²) in [5.41, 5.74) is 3.68. The largest absolute Gasteiger partial charge is 0.489 e. The van der Waals surface area contributed by atoms with Crippen molar-refractivity contribution < 1.29 is 4.74 Å². The molecule has 132 valence electrons. The number of para-hydroxylation sites is 1. The Morgan fingerprint density at radius 1 is 1.04 bits per heavy atom. The molecule has 0 unspecified atom stereocenters. The summed E-state index contributed by atoms with van der Waals surface area (Å²) in [6, 6.07) is 12.4. The van der Waals surface area contributed by atoms with Crippen LogP contribution in [0.25, 0.3) is 17.0 Å². The van der Waals surface area contributed by atoms with E-state index in [4.69, 9.17) is 4.74 Å². The number of hydrogen-bond donors (Lipinski definition) is 1. The number of benzene rings is 1. The monoisotopic (exact) mass is 346 g/mol. The van der Waals surface area contributed by atoms with Crippen molar-refractivity contribution in [3.8, 4) is 5.75 Å². The summed E-state index contributed by atoms with van der Waals surface area (Å²) in [6.45, 7) is 5.74. The molecular formula is C21H22N4O. The summed E-state index contributed by atoms with van der Waals surface area (Å²) in [4.78, 5) is 12.8. The number of aromatic nitrogens is 2. The average molecular weight is 346 g/mol. The molecular weight excluding hydrogens is 324 g/mol. The topological polar surface area (TPSA) is 44.4 Å². The predicted molar refractivity (Wildman–Crippen MR) is 105 cm³/mol. The molecule has 1 N–H and O–H groups in total. The van der Waals surface area contributed by atoms with Crippen molar-refractivity contribution in [3.63, 3.8) is 0 Å². The summed E-state index contributed by atoms with van der Waals surface area (Å²) in [7, 11) is 0. The molecule has 2 aliphatic rings. The standard InChI is InChI=1S/C21H22N4O/c1-2-4-19-18(3-1)13-16(15-26-19)14-24-9-11-25(12-10-24)21-20-17(5-7-22-20)6-8-23-21/h1-8,13,22H,9-12,14-15H2. The van der Waals surface area contributed by atoms with Gasteiger partial charge in [-0.05, 0) is 29.8 Å². The summed E-state index contributed by atoms with van der Waals surface area (Å²) in [5.74, 6) is 2.06. The van der Waals surface area contributed by atoms with Gasteiger partial charge in [0.1, 0.15) is 12.4 Å². The highest BCUT2D eigenvalue weighted by atomic mass is 16.5. The molecule has 0 spiro atoms. The third-order valence-corrected chi connectivity index (χ3v) is 5.24. The minimum atomic E-state index is 0.695. The van der Waals surface area contributed by atoms with E-state index >= 15 is 0 Å². The lowest BCUT2D eigenvalue weighted by atomic mass is 10.1. The number of aromatic amines is 1. The number of piperazine rings is 1. The molecule has 1 aromatic carbocycles. The molecule has 0 atom stereocenters. The molecule has 5 heteroatoms.